The Morgan fingerprint density at radius 2 is 2.38 bits per heavy atom. The van der Waals surface area contributed by atoms with Crippen molar-refractivity contribution in [2.45, 2.75) is 13.5 Å². The largest absolute Gasteiger partial charge is 0.291 e. The second kappa shape index (κ2) is 6.51. The van der Waals surface area contributed by atoms with E-state index in [0.29, 0.717) is 6.54 Å². The van der Waals surface area contributed by atoms with Crippen LogP contribution in [0.15, 0.2) is 54.2 Å². The molecule has 1 aromatic heterocycles. The van der Waals surface area contributed by atoms with Crippen molar-refractivity contribution in [3.63, 3.8) is 0 Å². The van der Waals surface area contributed by atoms with Crippen LogP contribution in [-0.4, -0.2) is 11.2 Å². The second-order valence-electron chi connectivity index (χ2n) is 3.25. The van der Waals surface area contributed by atoms with Crippen molar-refractivity contribution in [2.24, 2.45) is 4.99 Å². The number of allylic oxidation sites excluding steroid dienone is 3. The van der Waals surface area contributed by atoms with Gasteiger partial charge >= 0.3 is 0 Å². The predicted molar refractivity (Wildman–Crippen MR) is 70.5 cm³/mol. The molecule has 0 aliphatic carbocycles. The van der Waals surface area contributed by atoms with E-state index in [1.807, 2.05) is 31.2 Å². The molecule has 1 aromatic rings. The molecule has 0 saturated heterocycles. The summed E-state index contributed by atoms with van der Waals surface area (Å²) in [7, 11) is 0. The number of nitrogens with zero attached hydrogens (tertiary/aromatic N) is 2. The third-order valence-electron chi connectivity index (χ3n) is 2.09. The van der Waals surface area contributed by atoms with Crippen molar-refractivity contribution < 1.29 is 0 Å². The normalized spacial score (nSPS) is 11.1. The van der Waals surface area contributed by atoms with Gasteiger partial charge in [0.25, 0.3) is 0 Å². The Hall–Kier alpha value is -1.96. The highest BCUT2D eigenvalue weighted by molar-refractivity contribution is 5.57. The molecule has 0 amide bonds. The number of hydrogen-bond acceptors (Lipinski definition) is 2. The lowest BCUT2D eigenvalue weighted by Gasteiger charge is -2.01. The molecule has 82 valence electrons. The third kappa shape index (κ3) is 3.65. The van der Waals surface area contributed by atoms with Crippen LogP contribution in [0.5, 0.6) is 0 Å². The molecule has 0 bridgehead atoms. The van der Waals surface area contributed by atoms with Crippen LogP contribution in [0.3, 0.4) is 0 Å². The van der Waals surface area contributed by atoms with Crippen molar-refractivity contribution in [3.8, 4) is 0 Å². The zero-order valence-corrected chi connectivity index (χ0v) is 9.56. The van der Waals surface area contributed by atoms with Gasteiger partial charge in [0.05, 0.1) is 12.2 Å². The van der Waals surface area contributed by atoms with Crippen LogP contribution in [0.4, 0.5) is 0 Å². The molecule has 0 radical (unpaired) electrons. The van der Waals surface area contributed by atoms with Crippen molar-refractivity contribution >= 4 is 12.3 Å². The number of aromatic nitrogens is 1. The second-order valence-corrected chi connectivity index (χ2v) is 3.25. The van der Waals surface area contributed by atoms with Gasteiger partial charge in [0, 0.05) is 6.20 Å². The smallest absolute Gasteiger partial charge is 0.0813 e. The fourth-order valence-electron chi connectivity index (χ4n) is 1.18. The average Bonchev–Trinajstić information content (AvgIpc) is 2.34. The molecule has 1 rings (SSSR count). The summed E-state index contributed by atoms with van der Waals surface area (Å²) in [6.45, 7) is 9.99. The molecule has 0 saturated carbocycles. The number of aliphatic imine (C=N–C) groups is 1. The van der Waals surface area contributed by atoms with Crippen LogP contribution in [0.25, 0.3) is 6.08 Å². The maximum absolute atomic E-state index is 4.30. The topological polar surface area (TPSA) is 25.2 Å². The van der Waals surface area contributed by atoms with Gasteiger partial charge in [-0.25, -0.2) is 0 Å². The summed E-state index contributed by atoms with van der Waals surface area (Å²) in [5.41, 5.74) is 2.92. The van der Waals surface area contributed by atoms with Crippen LogP contribution in [-0.2, 0) is 6.54 Å². The summed E-state index contributed by atoms with van der Waals surface area (Å²) in [5, 5.41) is 0. The fraction of sp³-hybridized carbons (Fsp3) is 0.143. The molecule has 16 heavy (non-hydrogen) atoms. The fourth-order valence-corrected chi connectivity index (χ4v) is 1.18. The highest BCUT2D eigenvalue weighted by Crippen LogP contribution is 2.10. The van der Waals surface area contributed by atoms with E-state index in [0.717, 1.165) is 16.8 Å². The number of hydrogen-bond donors (Lipinski definition) is 0. The summed E-state index contributed by atoms with van der Waals surface area (Å²) in [6, 6.07) is 3.93. The quantitative estimate of drug-likeness (QED) is 0.542. The van der Waals surface area contributed by atoms with Gasteiger partial charge in [0.15, 0.2) is 0 Å². The summed E-state index contributed by atoms with van der Waals surface area (Å²) in [4.78, 5) is 8.49. The molecule has 2 nitrogen and oxygen atoms in total. The minimum absolute atomic E-state index is 0.609. The predicted octanol–water partition coefficient (Wildman–Crippen LogP) is 3.43. The van der Waals surface area contributed by atoms with Gasteiger partial charge < -0.3 is 0 Å². The molecule has 0 aromatic carbocycles. The highest BCUT2D eigenvalue weighted by Gasteiger charge is 1.97. The van der Waals surface area contributed by atoms with E-state index in [2.05, 4.69) is 23.1 Å². The lowest BCUT2D eigenvalue weighted by atomic mass is 10.1. The van der Waals surface area contributed by atoms with Gasteiger partial charge in [-0.15, -0.1) is 0 Å². The SMILES string of the molecule is C=CC(=C)/C=C\c1cccnc1CN=CC. The van der Waals surface area contributed by atoms with Crippen LogP contribution >= 0.6 is 0 Å². The minimum Gasteiger partial charge on any atom is -0.291 e. The third-order valence-corrected chi connectivity index (χ3v) is 2.09. The molecule has 0 aliphatic heterocycles. The Kier molecular flexibility index (Phi) is 4.93. The summed E-state index contributed by atoms with van der Waals surface area (Å²) >= 11 is 0. The number of pyridine rings is 1. The zero-order valence-electron chi connectivity index (χ0n) is 9.56. The van der Waals surface area contributed by atoms with E-state index >= 15 is 0 Å². The van der Waals surface area contributed by atoms with Crippen LogP contribution in [0.2, 0.25) is 0 Å². The molecule has 0 aliphatic rings. The van der Waals surface area contributed by atoms with Gasteiger partial charge in [-0.1, -0.05) is 37.5 Å². The molecule has 1 heterocycles. The Balaban J connectivity index is 2.90. The Bertz CT molecular complexity index is 428. The van der Waals surface area contributed by atoms with Crippen molar-refractivity contribution in [2.75, 3.05) is 0 Å². The zero-order chi connectivity index (χ0) is 11.8. The first-order valence-electron chi connectivity index (χ1n) is 5.15. The maximum atomic E-state index is 4.30. The monoisotopic (exact) mass is 212 g/mol. The average molecular weight is 212 g/mol. The van der Waals surface area contributed by atoms with Crippen molar-refractivity contribution in [1.29, 1.82) is 0 Å². The number of rotatable bonds is 5. The first kappa shape index (κ1) is 12.1. The van der Waals surface area contributed by atoms with Gasteiger partial charge in [0.2, 0.25) is 0 Å². The van der Waals surface area contributed by atoms with E-state index in [1.54, 1.807) is 18.5 Å². The molecule has 0 fully saturated rings. The first-order valence-corrected chi connectivity index (χ1v) is 5.15. The Morgan fingerprint density at radius 1 is 1.56 bits per heavy atom. The van der Waals surface area contributed by atoms with Crippen molar-refractivity contribution in [1.82, 2.24) is 4.98 Å². The summed E-state index contributed by atoms with van der Waals surface area (Å²) in [6.07, 6.45) is 9.18. The molecule has 2 heteroatoms. The Morgan fingerprint density at radius 3 is 3.06 bits per heavy atom. The van der Waals surface area contributed by atoms with Gasteiger partial charge in [-0.3, -0.25) is 9.98 Å². The molecular formula is C14H16N2. The van der Waals surface area contributed by atoms with Gasteiger partial charge in [0.1, 0.15) is 0 Å². The standard InChI is InChI=1S/C14H16N2/c1-4-12(3)8-9-13-7-6-10-16-14(13)11-15-5-2/h4-10H,1,3,11H2,2H3/b9-8-,15-5?. The van der Waals surface area contributed by atoms with E-state index in [9.17, 15) is 0 Å². The highest BCUT2D eigenvalue weighted by atomic mass is 14.8. The molecular weight excluding hydrogens is 196 g/mol. The van der Waals surface area contributed by atoms with Gasteiger partial charge in [-0.2, -0.15) is 0 Å². The lowest BCUT2D eigenvalue weighted by Crippen LogP contribution is -1.91. The van der Waals surface area contributed by atoms with E-state index in [-0.39, 0.29) is 0 Å². The van der Waals surface area contributed by atoms with Gasteiger partial charge in [-0.05, 0) is 30.3 Å². The lowest BCUT2D eigenvalue weighted by molar-refractivity contribution is 0.988. The molecule has 0 spiro atoms. The molecule has 0 N–H and O–H groups in total. The summed E-state index contributed by atoms with van der Waals surface area (Å²) < 4.78 is 0. The van der Waals surface area contributed by atoms with E-state index in [4.69, 9.17) is 0 Å². The van der Waals surface area contributed by atoms with Crippen LogP contribution in [0, 0.1) is 0 Å². The van der Waals surface area contributed by atoms with E-state index in [1.165, 1.54) is 0 Å². The van der Waals surface area contributed by atoms with Crippen molar-refractivity contribution in [3.05, 3.63) is 60.5 Å². The van der Waals surface area contributed by atoms with Crippen LogP contribution in [0.1, 0.15) is 18.2 Å². The minimum atomic E-state index is 0.609. The molecule has 0 atom stereocenters. The van der Waals surface area contributed by atoms with E-state index < -0.39 is 0 Å². The molecule has 0 unspecified atom stereocenters. The summed E-state index contributed by atoms with van der Waals surface area (Å²) in [5.74, 6) is 0. The van der Waals surface area contributed by atoms with Crippen LogP contribution < -0.4 is 0 Å². The Labute approximate surface area is 96.8 Å². The maximum Gasteiger partial charge on any atom is 0.0813 e. The first-order chi connectivity index (χ1) is 7.77.